The lowest BCUT2D eigenvalue weighted by molar-refractivity contribution is 0.0697. The molecule has 20 heavy (non-hydrogen) atoms. The molecule has 1 heterocycles. The Hall–Kier alpha value is -2.41. The molecule has 0 saturated carbocycles. The minimum Gasteiger partial charge on any atom is -0.508 e. The first-order valence-corrected chi connectivity index (χ1v) is 6.26. The van der Waals surface area contributed by atoms with E-state index in [1.54, 1.807) is 12.1 Å². The van der Waals surface area contributed by atoms with E-state index in [-0.39, 0.29) is 22.7 Å². The van der Waals surface area contributed by atoms with Crippen LogP contribution in [0.5, 0.6) is 5.75 Å². The van der Waals surface area contributed by atoms with Crippen molar-refractivity contribution in [2.45, 2.75) is 0 Å². The van der Waals surface area contributed by atoms with Gasteiger partial charge in [-0.25, -0.2) is 9.78 Å². The molecular weight excluding hydrogens is 328 g/mol. The molecule has 0 unspecified atom stereocenters. The Bertz CT molecular complexity index is 688. The quantitative estimate of drug-likeness (QED) is 0.748. The molecule has 6 nitrogen and oxygen atoms in total. The summed E-state index contributed by atoms with van der Waals surface area (Å²) in [5.41, 5.74) is 0.0140. The van der Waals surface area contributed by atoms with Crippen LogP contribution in [0.2, 0.25) is 0 Å². The van der Waals surface area contributed by atoms with E-state index in [9.17, 15) is 14.7 Å². The number of carboxylic acid groups (broad SMARTS) is 1. The van der Waals surface area contributed by atoms with Crippen LogP contribution in [0.15, 0.2) is 41.0 Å². The molecule has 0 fully saturated rings. The standard InChI is InChI=1S/C13H9BrN2O4/c14-9-2-1-5-15-11(9)12(18)16-10-4-3-7(17)6-8(10)13(19)20/h1-6,17H,(H,16,18)(H,19,20). The predicted molar refractivity (Wildman–Crippen MR) is 75.0 cm³/mol. The van der Waals surface area contributed by atoms with Crippen LogP contribution < -0.4 is 5.32 Å². The van der Waals surface area contributed by atoms with Crippen LogP contribution in [0.4, 0.5) is 5.69 Å². The van der Waals surface area contributed by atoms with Gasteiger partial charge in [-0.2, -0.15) is 0 Å². The number of nitrogens with one attached hydrogen (secondary N) is 1. The lowest BCUT2D eigenvalue weighted by Gasteiger charge is -2.09. The number of rotatable bonds is 3. The monoisotopic (exact) mass is 336 g/mol. The van der Waals surface area contributed by atoms with Gasteiger partial charge in [0.05, 0.1) is 11.3 Å². The summed E-state index contributed by atoms with van der Waals surface area (Å²) in [4.78, 5) is 27.0. The highest BCUT2D eigenvalue weighted by Crippen LogP contribution is 2.22. The number of nitrogens with zero attached hydrogens (tertiary/aromatic N) is 1. The Balaban J connectivity index is 2.33. The highest BCUT2D eigenvalue weighted by molar-refractivity contribution is 9.10. The first-order valence-electron chi connectivity index (χ1n) is 5.47. The minimum absolute atomic E-state index is 0.0813. The van der Waals surface area contributed by atoms with Gasteiger partial charge in [-0.1, -0.05) is 0 Å². The second-order valence-corrected chi connectivity index (χ2v) is 4.68. The Labute approximate surface area is 122 Å². The van der Waals surface area contributed by atoms with Crippen LogP contribution >= 0.6 is 15.9 Å². The van der Waals surface area contributed by atoms with Crippen molar-refractivity contribution in [1.82, 2.24) is 4.98 Å². The van der Waals surface area contributed by atoms with Crippen LogP contribution in [-0.4, -0.2) is 27.1 Å². The lowest BCUT2D eigenvalue weighted by Crippen LogP contribution is -2.16. The van der Waals surface area contributed by atoms with Crippen molar-refractivity contribution in [2.75, 3.05) is 5.32 Å². The van der Waals surface area contributed by atoms with E-state index >= 15 is 0 Å². The van der Waals surface area contributed by atoms with Crippen molar-refractivity contribution in [2.24, 2.45) is 0 Å². The van der Waals surface area contributed by atoms with Gasteiger partial charge in [0, 0.05) is 10.7 Å². The van der Waals surface area contributed by atoms with Crippen LogP contribution in [0, 0.1) is 0 Å². The van der Waals surface area contributed by atoms with Gasteiger partial charge in [0.2, 0.25) is 0 Å². The van der Waals surface area contributed by atoms with Gasteiger partial charge in [0.25, 0.3) is 5.91 Å². The number of benzene rings is 1. The van der Waals surface area contributed by atoms with E-state index < -0.39 is 11.9 Å². The Morgan fingerprint density at radius 3 is 2.65 bits per heavy atom. The molecule has 0 aliphatic carbocycles. The topological polar surface area (TPSA) is 99.5 Å². The number of hydrogen-bond donors (Lipinski definition) is 3. The van der Waals surface area contributed by atoms with E-state index in [1.807, 2.05) is 0 Å². The molecule has 0 atom stereocenters. The molecule has 102 valence electrons. The first kappa shape index (κ1) is 14.0. The second kappa shape index (κ2) is 5.70. The van der Waals surface area contributed by atoms with E-state index in [0.717, 1.165) is 6.07 Å². The zero-order chi connectivity index (χ0) is 14.7. The zero-order valence-electron chi connectivity index (χ0n) is 10.0. The third-order valence-corrected chi connectivity index (χ3v) is 3.10. The lowest BCUT2D eigenvalue weighted by atomic mass is 10.1. The molecular formula is C13H9BrN2O4. The molecule has 0 aliphatic heterocycles. The summed E-state index contributed by atoms with van der Waals surface area (Å²) < 4.78 is 0.494. The SMILES string of the molecule is O=C(O)c1cc(O)ccc1NC(=O)c1ncccc1Br. The van der Waals surface area contributed by atoms with Crippen LogP contribution in [-0.2, 0) is 0 Å². The Kier molecular flexibility index (Phi) is 3.99. The molecule has 1 aromatic carbocycles. The third kappa shape index (κ3) is 2.94. The van der Waals surface area contributed by atoms with Crippen LogP contribution in [0.25, 0.3) is 0 Å². The minimum atomic E-state index is -1.25. The molecule has 0 bridgehead atoms. The van der Waals surface area contributed by atoms with E-state index in [2.05, 4.69) is 26.2 Å². The summed E-state index contributed by atoms with van der Waals surface area (Å²) >= 11 is 3.19. The molecule has 3 N–H and O–H groups in total. The molecule has 0 aliphatic rings. The average molecular weight is 337 g/mol. The largest absolute Gasteiger partial charge is 0.508 e. The van der Waals surface area contributed by atoms with Gasteiger partial charge in [0.15, 0.2) is 0 Å². The number of aromatic carboxylic acids is 1. The predicted octanol–water partition coefficient (Wildman–Crippen LogP) is 2.50. The number of pyridine rings is 1. The Morgan fingerprint density at radius 2 is 2.00 bits per heavy atom. The van der Waals surface area contributed by atoms with E-state index in [1.165, 1.54) is 18.3 Å². The van der Waals surface area contributed by atoms with Gasteiger partial charge in [0.1, 0.15) is 11.4 Å². The zero-order valence-corrected chi connectivity index (χ0v) is 11.6. The molecule has 2 aromatic rings. The van der Waals surface area contributed by atoms with Crippen LogP contribution in [0.1, 0.15) is 20.8 Å². The van der Waals surface area contributed by atoms with E-state index in [4.69, 9.17) is 5.11 Å². The number of aromatic nitrogens is 1. The van der Waals surface area contributed by atoms with Gasteiger partial charge in [-0.15, -0.1) is 0 Å². The molecule has 0 saturated heterocycles. The summed E-state index contributed by atoms with van der Waals surface area (Å²) in [5.74, 6) is -2.00. The first-order chi connectivity index (χ1) is 9.49. The molecule has 1 aromatic heterocycles. The third-order valence-electron chi connectivity index (χ3n) is 2.46. The fourth-order valence-electron chi connectivity index (χ4n) is 1.55. The van der Waals surface area contributed by atoms with Crippen molar-refractivity contribution in [3.63, 3.8) is 0 Å². The van der Waals surface area contributed by atoms with Gasteiger partial charge >= 0.3 is 5.97 Å². The fraction of sp³-hybridized carbons (Fsp3) is 0. The number of phenols is 1. The number of anilines is 1. The number of aromatic hydroxyl groups is 1. The molecule has 2 rings (SSSR count). The number of phenolic OH excluding ortho intramolecular Hbond substituents is 1. The maximum absolute atomic E-state index is 12.0. The summed E-state index contributed by atoms with van der Waals surface area (Å²) in [6.07, 6.45) is 1.45. The highest BCUT2D eigenvalue weighted by atomic mass is 79.9. The normalized spacial score (nSPS) is 10.1. The number of halogens is 1. The fourth-order valence-corrected chi connectivity index (χ4v) is 1.99. The van der Waals surface area contributed by atoms with Crippen molar-refractivity contribution >= 4 is 33.5 Å². The molecule has 1 amide bonds. The van der Waals surface area contributed by atoms with Crippen molar-refractivity contribution in [3.05, 3.63) is 52.3 Å². The molecule has 0 spiro atoms. The average Bonchev–Trinajstić information content (AvgIpc) is 2.41. The summed E-state index contributed by atoms with van der Waals surface area (Å²) in [6.45, 7) is 0. The van der Waals surface area contributed by atoms with Crippen molar-refractivity contribution in [1.29, 1.82) is 0 Å². The van der Waals surface area contributed by atoms with Crippen LogP contribution in [0.3, 0.4) is 0 Å². The smallest absolute Gasteiger partial charge is 0.337 e. The highest BCUT2D eigenvalue weighted by Gasteiger charge is 2.16. The van der Waals surface area contributed by atoms with Gasteiger partial charge < -0.3 is 15.5 Å². The number of carbonyl (C=O) groups is 2. The number of hydrogen-bond acceptors (Lipinski definition) is 4. The number of carboxylic acids is 1. The van der Waals surface area contributed by atoms with Crippen molar-refractivity contribution in [3.8, 4) is 5.75 Å². The summed E-state index contributed by atoms with van der Waals surface area (Å²) in [7, 11) is 0. The number of carbonyl (C=O) groups excluding carboxylic acids is 1. The van der Waals surface area contributed by atoms with Crippen molar-refractivity contribution < 1.29 is 19.8 Å². The molecule has 7 heteroatoms. The van der Waals surface area contributed by atoms with Gasteiger partial charge in [-0.05, 0) is 46.3 Å². The van der Waals surface area contributed by atoms with Gasteiger partial charge in [-0.3, -0.25) is 4.79 Å². The van der Waals surface area contributed by atoms with E-state index in [0.29, 0.717) is 4.47 Å². The summed E-state index contributed by atoms with van der Waals surface area (Å²) in [6, 6.07) is 6.97. The summed E-state index contributed by atoms with van der Waals surface area (Å²) in [5, 5.41) is 20.8. The maximum Gasteiger partial charge on any atom is 0.337 e. The molecule has 0 radical (unpaired) electrons. The Morgan fingerprint density at radius 1 is 1.25 bits per heavy atom. The second-order valence-electron chi connectivity index (χ2n) is 3.82. The number of amides is 1. The maximum atomic E-state index is 12.0.